The van der Waals surface area contributed by atoms with Gasteiger partial charge in [0.05, 0.1) is 6.04 Å². The Balaban J connectivity index is 1.90. The predicted octanol–water partition coefficient (Wildman–Crippen LogP) is 5.02. The first kappa shape index (κ1) is 14.1. The maximum Gasteiger partial charge on any atom is 0.0746 e. The molecule has 0 spiro atoms. The van der Waals surface area contributed by atoms with Crippen LogP contribution in [0.25, 0.3) is 10.9 Å². The van der Waals surface area contributed by atoms with E-state index in [-0.39, 0.29) is 6.04 Å². The Morgan fingerprint density at radius 3 is 2.77 bits per heavy atom. The summed E-state index contributed by atoms with van der Waals surface area (Å²) in [5, 5.41) is 6.26. The van der Waals surface area contributed by atoms with Crippen molar-refractivity contribution in [2.75, 3.05) is 6.54 Å². The molecule has 1 aliphatic rings. The number of hydrogen-bond acceptors (Lipinski definition) is 1. The molecule has 0 bridgehead atoms. The number of halogens is 2. The quantitative estimate of drug-likeness (QED) is 0.644. The molecule has 2 heterocycles. The molecule has 2 aromatic carbocycles. The van der Waals surface area contributed by atoms with Crippen molar-refractivity contribution in [1.82, 2.24) is 10.3 Å². The second-order valence-corrected chi connectivity index (χ2v) is 6.71. The summed E-state index contributed by atoms with van der Waals surface area (Å²) in [5.74, 6) is 0. The van der Waals surface area contributed by atoms with Gasteiger partial charge in [-0.05, 0) is 48.7 Å². The first-order valence-corrected chi connectivity index (χ1v) is 8.18. The van der Waals surface area contributed by atoms with Gasteiger partial charge in [-0.1, -0.05) is 40.9 Å². The van der Waals surface area contributed by atoms with Crippen LogP contribution in [0.15, 0.2) is 36.4 Å². The van der Waals surface area contributed by atoms with Crippen LogP contribution in [0.5, 0.6) is 0 Å². The van der Waals surface area contributed by atoms with E-state index >= 15 is 0 Å². The highest BCUT2D eigenvalue weighted by Crippen LogP contribution is 2.36. The van der Waals surface area contributed by atoms with Crippen molar-refractivity contribution in [3.63, 3.8) is 0 Å². The van der Waals surface area contributed by atoms with E-state index in [1.165, 1.54) is 27.7 Å². The molecule has 0 aliphatic carbocycles. The molecule has 1 atom stereocenters. The SMILES string of the molecule is Cc1ccc2[nH]c3c(c2c1)CCNC3c1ccc(Cl)cc1Cl. The molecule has 1 aromatic heterocycles. The molecule has 0 saturated heterocycles. The fourth-order valence-electron chi connectivity index (χ4n) is 3.34. The van der Waals surface area contributed by atoms with Crippen LogP contribution in [0.1, 0.15) is 28.4 Å². The third kappa shape index (κ3) is 2.23. The highest BCUT2D eigenvalue weighted by Gasteiger charge is 2.26. The van der Waals surface area contributed by atoms with Gasteiger partial charge >= 0.3 is 0 Å². The number of benzene rings is 2. The average Bonchev–Trinajstić information content (AvgIpc) is 2.85. The van der Waals surface area contributed by atoms with E-state index < -0.39 is 0 Å². The van der Waals surface area contributed by atoms with Crippen LogP contribution in [0.4, 0.5) is 0 Å². The average molecular weight is 331 g/mol. The lowest BCUT2D eigenvalue weighted by Crippen LogP contribution is -2.30. The second-order valence-electron chi connectivity index (χ2n) is 5.87. The molecule has 2 nitrogen and oxygen atoms in total. The van der Waals surface area contributed by atoms with Crippen molar-refractivity contribution in [2.24, 2.45) is 0 Å². The van der Waals surface area contributed by atoms with E-state index in [9.17, 15) is 0 Å². The Bertz CT molecular complexity index is 867. The van der Waals surface area contributed by atoms with E-state index in [0.717, 1.165) is 18.5 Å². The van der Waals surface area contributed by atoms with Crippen LogP contribution in [0.2, 0.25) is 10.0 Å². The van der Waals surface area contributed by atoms with Gasteiger partial charge in [0.1, 0.15) is 0 Å². The fraction of sp³-hybridized carbons (Fsp3) is 0.222. The van der Waals surface area contributed by atoms with Gasteiger partial charge in [0.2, 0.25) is 0 Å². The highest BCUT2D eigenvalue weighted by atomic mass is 35.5. The van der Waals surface area contributed by atoms with Gasteiger partial charge in [0.15, 0.2) is 0 Å². The monoisotopic (exact) mass is 330 g/mol. The number of aromatic amines is 1. The molecule has 2 N–H and O–H groups in total. The summed E-state index contributed by atoms with van der Waals surface area (Å²) in [6.07, 6.45) is 1.03. The Morgan fingerprint density at radius 2 is 1.95 bits per heavy atom. The number of nitrogens with one attached hydrogen (secondary N) is 2. The van der Waals surface area contributed by atoms with E-state index in [4.69, 9.17) is 23.2 Å². The molecular weight excluding hydrogens is 315 g/mol. The fourth-order valence-corrected chi connectivity index (χ4v) is 3.86. The zero-order chi connectivity index (χ0) is 15.3. The second kappa shape index (κ2) is 5.31. The normalized spacial score (nSPS) is 17.7. The lowest BCUT2D eigenvalue weighted by molar-refractivity contribution is 0.560. The van der Waals surface area contributed by atoms with Gasteiger partial charge in [-0.2, -0.15) is 0 Å². The van der Waals surface area contributed by atoms with E-state index in [1.807, 2.05) is 12.1 Å². The molecule has 0 amide bonds. The lowest BCUT2D eigenvalue weighted by atomic mass is 9.94. The minimum absolute atomic E-state index is 0.0845. The molecule has 1 aliphatic heterocycles. The molecule has 4 heteroatoms. The minimum atomic E-state index is 0.0845. The first-order valence-electron chi connectivity index (χ1n) is 7.43. The van der Waals surface area contributed by atoms with Gasteiger partial charge < -0.3 is 10.3 Å². The van der Waals surface area contributed by atoms with Crippen LogP contribution in [-0.2, 0) is 6.42 Å². The topological polar surface area (TPSA) is 27.8 Å². The van der Waals surface area contributed by atoms with E-state index in [2.05, 4.69) is 35.4 Å². The summed E-state index contributed by atoms with van der Waals surface area (Å²) in [6, 6.07) is 12.4. The molecule has 0 saturated carbocycles. The zero-order valence-corrected chi connectivity index (χ0v) is 13.7. The third-order valence-corrected chi connectivity index (χ3v) is 4.94. The lowest BCUT2D eigenvalue weighted by Gasteiger charge is -2.25. The van der Waals surface area contributed by atoms with Crippen molar-refractivity contribution in [2.45, 2.75) is 19.4 Å². The van der Waals surface area contributed by atoms with Crippen molar-refractivity contribution in [3.8, 4) is 0 Å². The van der Waals surface area contributed by atoms with Crippen molar-refractivity contribution in [3.05, 3.63) is 68.8 Å². The molecule has 1 unspecified atom stereocenters. The highest BCUT2D eigenvalue weighted by molar-refractivity contribution is 6.35. The number of H-pyrrole nitrogens is 1. The van der Waals surface area contributed by atoms with Crippen LogP contribution in [0.3, 0.4) is 0 Å². The third-order valence-electron chi connectivity index (χ3n) is 4.38. The molecule has 22 heavy (non-hydrogen) atoms. The molecule has 112 valence electrons. The van der Waals surface area contributed by atoms with E-state index in [0.29, 0.717) is 10.0 Å². The molecule has 0 fully saturated rings. The maximum atomic E-state index is 6.41. The van der Waals surface area contributed by atoms with Crippen LogP contribution in [-0.4, -0.2) is 11.5 Å². The number of aryl methyl sites for hydroxylation is 1. The summed E-state index contributed by atoms with van der Waals surface area (Å²) in [6.45, 7) is 3.07. The summed E-state index contributed by atoms with van der Waals surface area (Å²) in [4.78, 5) is 3.58. The maximum absolute atomic E-state index is 6.41. The van der Waals surface area contributed by atoms with Crippen LogP contribution >= 0.6 is 23.2 Å². The summed E-state index contributed by atoms with van der Waals surface area (Å²) in [5.41, 5.74) is 6.16. The Morgan fingerprint density at radius 1 is 1.09 bits per heavy atom. The standard InChI is InChI=1S/C18H16Cl2N2/c1-10-2-5-16-14(8-10)12-6-7-21-17(18(12)22-16)13-4-3-11(19)9-15(13)20/h2-5,8-9,17,21-22H,6-7H2,1H3. The van der Waals surface area contributed by atoms with Gasteiger partial charge in [-0.3, -0.25) is 0 Å². The van der Waals surface area contributed by atoms with Gasteiger partial charge in [-0.25, -0.2) is 0 Å². The van der Waals surface area contributed by atoms with E-state index in [1.54, 1.807) is 6.07 Å². The summed E-state index contributed by atoms with van der Waals surface area (Å²) in [7, 11) is 0. The smallest absolute Gasteiger partial charge is 0.0746 e. The number of hydrogen-bond donors (Lipinski definition) is 2. The zero-order valence-electron chi connectivity index (χ0n) is 12.2. The summed E-state index contributed by atoms with van der Waals surface area (Å²) < 4.78 is 0. The van der Waals surface area contributed by atoms with Crippen LogP contribution < -0.4 is 5.32 Å². The number of fused-ring (bicyclic) bond motifs is 3. The number of rotatable bonds is 1. The molecule has 4 rings (SSSR count). The largest absolute Gasteiger partial charge is 0.357 e. The van der Waals surface area contributed by atoms with Crippen LogP contribution in [0, 0.1) is 6.92 Å². The van der Waals surface area contributed by atoms with Gasteiger partial charge in [0, 0.05) is 33.2 Å². The first-order chi connectivity index (χ1) is 10.6. The Kier molecular flexibility index (Phi) is 3.41. The van der Waals surface area contributed by atoms with Crippen molar-refractivity contribution >= 4 is 34.1 Å². The number of aromatic nitrogens is 1. The minimum Gasteiger partial charge on any atom is -0.357 e. The van der Waals surface area contributed by atoms with Crippen molar-refractivity contribution in [1.29, 1.82) is 0 Å². The van der Waals surface area contributed by atoms with Gasteiger partial charge in [-0.15, -0.1) is 0 Å². The molecular formula is C18H16Cl2N2. The summed E-state index contributed by atoms with van der Waals surface area (Å²) >= 11 is 12.4. The predicted molar refractivity (Wildman–Crippen MR) is 93.0 cm³/mol. The Labute approximate surface area is 139 Å². The molecule has 0 radical (unpaired) electrons. The Hall–Kier alpha value is -1.48. The van der Waals surface area contributed by atoms with Gasteiger partial charge in [0.25, 0.3) is 0 Å². The van der Waals surface area contributed by atoms with Crippen molar-refractivity contribution < 1.29 is 0 Å². The molecule has 3 aromatic rings.